The predicted molar refractivity (Wildman–Crippen MR) is 148 cm³/mol. The van der Waals surface area contributed by atoms with Crippen molar-refractivity contribution in [2.45, 2.75) is 19.8 Å². The highest BCUT2D eigenvalue weighted by molar-refractivity contribution is 6.12. The quantitative estimate of drug-likeness (QED) is 0.253. The van der Waals surface area contributed by atoms with Crippen molar-refractivity contribution in [3.05, 3.63) is 131 Å². The van der Waals surface area contributed by atoms with Gasteiger partial charge in [0.2, 0.25) is 0 Å². The third-order valence-electron chi connectivity index (χ3n) is 6.32. The van der Waals surface area contributed by atoms with Crippen LogP contribution in [0.4, 0.5) is 28.4 Å². The molecule has 1 heterocycles. The van der Waals surface area contributed by atoms with Gasteiger partial charge >= 0.3 is 0 Å². The molecule has 2 amide bonds. The van der Waals surface area contributed by atoms with Crippen molar-refractivity contribution >= 4 is 40.3 Å². The Hall–Kier alpha value is -5.92. The van der Waals surface area contributed by atoms with Crippen LogP contribution >= 0.6 is 0 Å². The molecule has 208 valence electrons. The van der Waals surface area contributed by atoms with Gasteiger partial charge in [-0.3, -0.25) is 39.9 Å². The van der Waals surface area contributed by atoms with Gasteiger partial charge in [-0.2, -0.15) is 0 Å². The van der Waals surface area contributed by atoms with Crippen LogP contribution < -0.4 is 16.0 Å². The van der Waals surface area contributed by atoms with Crippen LogP contribution in [-0.2, 0) is 9.59 Å². The molecule has 0 bridgehead atoms. The predicted octanol–water partition coefficient (Wildman–Crippen LogP) is 4.92. The van der Waals surface area contributed by atoms with E-state index in [1.54, 1.807) is 13.8 Å². The highest BCUT2D eigenvalue weighted by Gasteiger charge is 2.39. The second-order valence-electron chi connectivity index (χ2n) is 8.97. The third-order valence-corrected chi connectivity index (χ3v) is 6.32. The molecule has 0 aromatic heterocycles. The molecule has 0 spiro atoms. The maximum Gasteiger partial charge on any atom is 0.273 e. The molecule has 3 aromatic carbocycles. The molecule has 0 saturated heterocycles. The van der Waals surface area contributed by atoms with Gasteiger partial charge in [0.05, 0.1) is 20.7 Å². The van der Waals surface area contributed by atoms with Crippen molar-refractivity contribution in [2.24, 2.45) is 0 Å². The SMILES string of the molecule is CC1=C(C(=O)Nc2cccc([N+](=O)[O-])c2)C(c2ccccc2[N+](=O)[O-])C(C(=O)Nc2cccc([N+](=O)[O-])c2)=C(C)N1. The number of allylic oxidation sites excluding steroid dienone is 2. The normalized spacial score (nSPS) is 13.3. The number of hydrogen-bond acceptors (Lipinski definition) is 9. The fourth-order valence-electron chi connectivity index (χ4n) is 4.60. The number of para-hydroxylation sites is 1. The van der Waals surface area contributed by atoms with E-state index in [-0.39, 0.29) is 45.1 Å². The largest absolute Gasteiger partial charge is 0.362 e. The lowest BCUT2D eigenvalue weighted by atomic mass is 9.79. The Bertz CT molecular complexity index is 1590. The Morgan fingerprint density at radius 1 is 0.683 bits per heavy atom. The first-order chi connectivity index (χ1) is 19.5. The van der Waals surface area contributed by atoms with Crippen molar-refractivity contribution in [1.29, 1.82) is 0 Å². The minimum Gasteiger partial charge on any atom is -0.362 e. The number of carbonyl (C=O) groups is 2. The summed E-state index contributed by atoms with van der Waals surface area (Å²) in [6.07, 6.45) is 0. The number of nitrogens with one attached hydrogen (secondary N) is 3. The summed E-state index contributed by atoms with van der Waals surface area (Å²) in [6, 6.07) is 16.1. The molecular formula is C27H22N6O8. The lowest BCUT2D eigenvalue weighted by Gasteiger charge is -2.31. The number of rotatable bonds is 8. The number of nitrogens with zero attached hydrogens (tertiary/aromatic N) is 3. The van der Waals surface area contributed by atoms with Gasteiger partial charge in [-0.25, -0.2) is 0 Å². The molecule has 41 heavy (non-hydrogen) atoms. The van der Waals surface area contributed by atoms with Gasteiger partial charge in [-0.1, -0.05) is 30.3 Å². The molecule has 3 N–H and O–H groups in total. The zero-order chi connectivity index (χ0) is 29.8. The molecule has 14 heteroatoms. The minimum absolute atomic E-state index is 0.0411. The monoisotopic (exact) mass is 558 g/mol. The summed E-state index contributed by atoms with van der Waals surface area (Å²) in [5.41, 5.74) is -0.134. The van der Waals surface area contributed by atoms with Crippen LogP contribution in [-0.4, -0.2) is 26.6 Å². The van der Waals surface area contributed by atoms with Gasteiger partial charge < -0.3 is 16.0 Å². The van der Waals surface area contributed by atoms with Crippen molar-refractivity contribution in [3.8, 4) is 0 Å². The van der Waals surface area contributed by atoms with Crippen LogP contribution in [0.1, 0.15) is 25.3 Å². The molecule has 0 unspecified atom stereocenters. The lowest BCUT2D eigenvalue weighted by Crippen LogP contribution is -2.35. The number of anilines is 2. The molecule has 4 rings (SSSR count). The number of carbonyl (C=O) groups excluding carboxylic acids is 2. The summed E-state index contributed by atoms with van der Waals surface area (Å²) in [5.74, 6) is -2.77. The molecule has 0 radical (unpaired) electrons. The Morgan fingerprint density at radius 2 is 1.15 bits per heavy atom. The number of amides is 2. The van der Waals surface area contributed by atoms with Crippen LogP contribution in [0.15, 0.2) is 95.3 Å². The first kappa shape index (κ1) is 28.1. The van der Waals surface area contributed by atoms with Gasteiger partial charge in [0.25, 0.3) is 28.9 Å². The Labute approximate surface area is 231 Å². The van der Waals surface area contributed by atoms with E-state index < -0.39 is 32.5 Å². The standard InChI is InChI=1S/C27H22N6O8/c1-15-23(26(34)29-17-7-5-9-19(13-17)31(36)37)25(21-11-3-4-12-22(21)33(40)41)24(16(2)28-15)27(35)30-18-8-6-10-20(14-18)32(38)39/h3-14,25,28H,1-2H3,(H,29,34)(H,30,35). The highest BCUT2D eigenvalue weighted by atomic mass is 16.6. The second kappa shape index (κ2) is 11.4. The Balaban J connectivity index is 1.82. The van der Waals surface area contributed by atoms with E-state index in [0.29, 0.717) is 11.4 Å². The summed E-state index contributed by atoms with van der Waals surface area (Å²) >= 11 is 0. The summed E-state index contributed by atoms with van der Waals surface area (Å²) in [7, 11) is 0. The number of non-ortho nitro benzene ring substituents is 2. The second-order valence-corrected chi connectivity index (χ2v) is 8.97. The summed E-state index contributed by atoms with van der Waals surface area (Å²) in [4.78, 5) is 59.9. The summed E-state index contributed by atoms with van der Waals surface area (Å²) in [6.45, 7) is 3.12. The molecule has 1 aliphatic heterocycles. The zero-order valence-corrected chi connectivity index (χ0v) is 21.6. The van der Waals surface area contributed by atoms with Gasteiger partial charge in [-0.05, 0) is 26.0 Å². The van der Waals surface area contributed by atoms with Crippen LogP contribution in [0.3, 0.4) is 0 Å². The van der Waals surface area contributed by atoms with Crippen molar-refractivity contribution in [3.63, 3.8) is 0 Å². The molecule has 0 aliphatic carbocycles. The van der Waals surface area contributed by atoms with Crippen LogP contribution in [0.2, 0.25) is 0 Å². The summed E-state index contributed by atoms with van der Waals surface area (Å²) < 4.78 is 0. The van der Waals surface area contributed by atoms with Crippen molar-refractivity contribution in [1.82, 2.24) is 5.32 Å². The topological polar surface area (TPSA) is 200 Å². The van der Waals surface area contributed by atoms with E-state index in [9.17, 15) is 39.9 Å². The number of nitro benzene ring substituents is 3. The number of hydrogen-bond donors (Lipinski definition) is 3. The van der Waals surface area contributed by atoms with Gasteiger partial charge in [0.1, 0.15) is 0 Å². The van der Waals surface area contributed by atoms with Gasteiger partial charge in [0.15, 0.2) is 0 Å². The van der Waals surface area contributed by atoms with Crippen LogP contribution in [0.5, 0.6) is 0 Å². The Morgan fingerprint density at radius 3 is 1.59 bits per heavy atom. The van der Waals surface area contributed by atoms with E-state index in [2.05, 4.69) is 16.0 Å². The van der Waals surface area contributed by atoms with Crippen molar-refractivity contribution < 1.29 is 24.4 Å². The van der Waals surface area contributed by atoms with Gasteiger partial charge in [0, 0.05) is 69.8 Å². The van der Waals surface area contributed by atoms with E-state index in [0.717, 1.165) is 12.1 Å². The molecule has 0 fully saturated rings. The molecular weight excluding hydrogens is 536 g/mol. The fourth-order valence-corrected chi connectivity index (χ4v) is 4.60. The molecule has 3 aromatic rings. The fraction of sp³-hybridized carbons (Fsp3) is 0.111. The van der Waals surface area contributed by atoms with Crippen molar-refractivity contribution in [2.75, 3.05) is 10.6 Å². The molecule has 14 nitrogen and oxygen atoms in total. The van der Waals surface area contributed by atoms with E-state index >= 15 is 0 Å². The van der Waals surface area contributed by atoms with E-state index in [4.69, 9.17) is 0 Å². The molecule has 0 saturated carbocycles. The first-order valence-corrected chi connectivity index (χ1v) is 12.0. The number of benzene rings is 3. The summed E-state index contributed by atoms with van der Waals surface area (Å²) in [5, 5.41) is 42.6. The average molecular weight is 559 g/mol. The average Bonchev–Trinajstić information content (AvgIpc) is 2.92. The highest BCUT2D eigenvalue weighted by Crippen LogP contribution is 2.42. The molecule has 0 atom stereocenters. The Kier molecular flexibility index (Phi) is 7.84. The lowest BCUT2D eigenvalue weighted by molar-refractivity contribution is -0.385. The van der Waals surface area contributed by atoms with Crippen LogP contribution in [0.25, 0.3) is 0 Å². The maximum atomic E-state index is 13.7. The first-order valence-electron chi connectivity index (χ1n) is 12.0. The third kappa shape index (κ3) is 5.90. The van der Waals surface area contributed by atoms with Gasteiger partial charge in [-0.15, -0.1) is 0 Å². The maximum absolute atomic E-state index is 13.7. The number of nitro groups is 3. The van der Waals surface area contributed by atoms with E-state index in [1.165, 1.54) is 60.7 Å². The van der Waals surface area contributed by atoms with E-state index in [1.807, 2.05) is 0 Å². The minimum atomic E-state index is -1.25. The number of dihydropyridines is 1. The smallest absolute Gasteiger partial charge is 0.273 e. The molecule has 1 aliphatic rings. The zero-order valence-electron chi connectivity index (χ0n) is 21.6. The van der Waals surface area contributed by atoms with Crippen LogP contribution in [0, 0.1) is 30.3 Å².